The number of hydrogen-bond donors (Lipinski definition) is 0. The molecule has 0 spiro atoms. The Balaban J connectivity index is 2.61. The van der Waals surface area contributed by atoms with Crippen molar-refractivity contribution in [3.63, 3.8) is 0 Å². The van der Waals surface area contributed by atoms with E-state index in [-0.39, 0.29) is 0 Å². The molecular formula is C13H14N4. The van der Waals surface area contributed by atoms with Gasteiger partial charge in [0.05, 0.1) is 11.4 Å². The van der Waals surface area contributed by atoms with Crippen LogP contribution in [0.3, 0.4) is 0 Å². The molecule has 0 N–H and O–H groups in total. The van der Waals surface area contributed by atoms with Crippen molar-refractivity contribution >= 4 is 0 Å². The van der Waals surface area contributed by atoms with Gasteiger partial charge >= 0.3 is 0 Å². The minimum atomic E-state index is 0.415. The molecule has 4 nitrogen and oxygen atoms in total. The fourth-order valence-corrected chi connectivity index (χ4v) is 1.92. The first kappa shape index (κ1) is 11.3. The van der Waals surface area contributed by atoms with Gasteiger partial charge in [0, 0.05) is 0 Å². The quantitative estimate of drug-likeness (QED) is 0.806. The standard InChI is InChI=1S/C13H14N4/c1-3-10-7-5-6-8-13(10)17-12(4-2)11(9-14)15-16-17/h5-8H,3-4H2,1-2H3. The van der Waals surface area contributed by atoms with Crippen molar-refractivity contribution in [2.24, 2.45) is 0 Å². The van der Waals surface area contributed by atoms with E-state index in [0.717, 1.165) is 24.2 Å². The zero-order valence-corrected chi connectivity index (χ0v) is 10.0. The smallest absolute Gasteiger partial charge is 0.186 e. The summed E-state index contributed by atoms with van der Waals surface area (Å²) < 4.78 is 1.78. The number of benzene rings is 1. The van der Waals surface area contributed by atoms with E-state index in [1.807, 2.05) is 25.1 Å². The molecule has 0 aliphatic carbocycles. The van der Waals surface area contributed by atoms with Crippen molar-refractivity contribution in [1.82, 2.24) is 15.0 Å². The van der Waals surface area contributed by atoms with E-state index < -0.39 is 0 Å². The lowest BCUT2D eigenvalue weighted by atomic mass is 10.1. The second-order valence-corrected chi connectivity index (χ2v) is 3.74. The van der Waals surface area contributed by atoms with Crippen molar-refractivity contribution in [3.8, 4) is 11.8 Å². The van der Waals surface area contributed by atoms with E-state index in [2.05, 4.69) is 29.4 Å². The van der Waals surface area contributed by atoms with Crippen molar-refractivity contribution in [3.05, 3.63) is 41.2 Å². The third-order valence-electron chi connectivity index (χ3n) is 2.80. The maximum Gasteiger partial charge on any atom is 0.186 e. The van der Waals surface area contributed by atoms with E-state index in [4.69, 9.17) is 5.26 Å². The SMILES string of the molecule is CCc1ccccc1-n1nnc(C#N)c1CC. The number of para-hydroxylation sites is 1. The van der Waals surface area contributed by atoms with Crippen LogP contribution < -0.4 is 0 Å². The Labute approximate surface area is 101 Å². The van der Waals surface area contributed by atoms with Gasteiger partial charge in [-0.3, -0.25) is 0 Å². The van der Waals surface area contributed by atoms with Gasteiger partial charge in [0.2, 0.25) is 0 Å². The lowest BCUT2D eigenvalue weighted by Crippen LogP contribution is -2.05. The van der Waals surface area contributed by atoms with Crippen LogP contribution >= 0.6 is 0 Å². The van der Waals surface area contributed by atoms with E-state index in [0.29, 0.717) is 5.69 Å². The van der Waals surface area contributed by atoms with Crippen LogP contribution in [0.5, 0.6) is 0 Å². The number of hydrogen-bond acceptors (Lipinski definition) is 3. The molecule has 0 amide bonds. The minimum absolute atomic E-state index is 0.415. The fourth-order valence-electron chi connectivity index (χ4n) is 1.92. The summed E-state index contributed by atoms with van der Waals surface area (Å²) in [5, 5.41) is 17.0. The predicted octanol–water partition coefficient (Wildman–Crippen LogP) is 2.26. The summed E-state index contributed by atoms with van der Waals surface area (Å²) in [4.78, 5) is 0. The average molecular weight is 226 g/mol. The third kappa shape index (κ3) is 1.92. The number of aromatic nitrogens is 3. The number of aryl methyl sites for hydroxylation is 1. The van der Waals surface area contributed by atoms with E-state index in [1.165, 1.54) is 5.56 Å². The Morgan fingerprint density at radius 3 is 2.65 bits per heavy atom. The molecule has 2 aromatic rings. The summed E-state index contributed by atoms with van der Waals surface area (Å²) in [5.74, 6) is 0. The van der Waals surface area contributed by atoms with Gasteiger partial charge < -0.3 is 0 Å². The zero-order valence-electron chi connectivity index (χ0n) is 10.0. The Kier molecular flexibility index (Phi) is 3.20. The average Bonchev–Trinajstić information content (AvgIpc) is 2.81. The molecule has 1 aromatic carbocycles. The van der Waals surface area contributed by atoms with Crippen molar-refractivity contribution in [2.75, 3.05) is 0 Å². The topological polar surface area (TPSA) is 54.5 Å². The summed E-state index contributed by atoms with van der Waals surface area (Å²) in [6.07, 6.45) is 1.68. The normalized spacial score (nSPS) is 10.2. The molecule has 0 fully saturated rings. The molecule has 86 valence electrons. The Morgan fingerprint density at radius 1 is 1.24 bits per heavy atom. The molecule has 0 radical (unpaired) electrons. The van der Waals surface area contributed by atoms with Crippen LogP contribution in [0.4, 0.5) is 0 Å². The highest BCUT2D eigenvalue weighted by Gasteiger charge is 2.13. The molecule has 1 heterocycles. The largest absolute Gasteiger partial charge is 0.216 e. The van der Waals surface area contributed by atoms with Crippen LogP contribution in [-0.4, -0.2) is 15.0 Å². The highest BCUT2D eigenvalue weighted by molar-refractivity contribution is 5.43. The molecule has 0 aliphatic rings. The molecule has 4 heteroatoms. The monoisotopic (exact) mass is 226 g/mol. The molecule has 0 saturated carbocycles. The van der Waals surface area contributed by atoms with Crippen molar-refractivity contribution < 1.29 is 0 Å². The molecule has 0 atom stereocenters. The van der Waals surface area contributed by atoms with Crippen LogP contribution in [0.2, 0.25) is 0 Å². The molecule has 0 saturated heterocycles. The van der Waals surface area contributed by atoms with Gasteiger partial charge in [-0.05, 0) is 24.5 Å². The number of nitrogens with zero attached hydrogens (tertiary/aromatic N) is 4. The maximum atomic E-state index is 8.97. The summed E-state index contributed by atoms with van der Waals surface area (Å²) in [6, 6.07) is 10.1. The van der Waals surface area contributed by atoms with Crippen molar-refractivity contribution in [1.29, 1.82) is 5.26 Å². The Morgan fingerprint density at radius 2 is 2.00 bits per heavy atom. The summed E-state index contributed by atoms with van der Waals surface area (Å²) in [5.41, 5.74) is 3.50. The third-order valence-corrected chi connectivity index (χ3v) is 2.80. The van der Waals surface area contributed by atoms with E-state index in [1.54, 1.807) is 4.68 Å². The molecular weight excluding hydrogens is 212 g/mol. The lowest BCUT2D eigenvalue weighted by molar-refractivity contribution is 0.759. The van der Waals surface area contributed by atoms with E-state index in [9.17, 15) is 0 Å². The highest BCUT2D eigenvalue weighted by atomic mass is 15.4. The fraction of sp³-hybridized carbons (Fsp3) is 0.308. The van der Waals surface area contributed by atoms with Gasteiger partial charge in [0.25, 0.3) is 0 Å². The molecule has 2 rings (SSSR count). The van der Waals surface area contributed by atoms with Gasteiger partial charge in [-0.25, -0.2) is 4.68 Å². The van der Waals surface area contributed by atoms with Gasteiger partial charge in [-0.15, -0.1) is 5.10 Å². The van der Waals surface area contributed by atoms with Gasteiger partial charge in [-0.2, -0.15) is 5.26 Å². The second kappa shape index (κ2) is 4.79. The van der Waals surface area contributed by atoms with Gasteiger partial charge in [-0.1, -0.05) is 37.3 Å². The first-order valence-corrected chi connectivity index (χ1v) is 5.74. The predicted molar refractivity (Wildman–Crippen MR) is 64.8 cm³/mol. The number of rotatable bonds is 3. The van der Waals surface area contributed by atoms with Crippen LogP contribution in [-0.2, 0) is 12.8 Å². The zero-order chi connectivity index (χ0) is 12.3. The maximum absolute atomic E-state index is 8.97. The van der Waals surface area contributed by atoms with Gasteiger partial charge in [0.1, 0.15) is 6.07 Å². The first-order chi connectivity index (χ1) is 8.31. The van der Waals surface area contributed by atoms with Crippen LogP contribution in [0.15, 0.2) is 24.3 Å². The molecule has 1 aromatic heterocycles. The summed E-state index contributed by atoms with van der Waals surface area (Å²) >= 11 is 0. The highest BCUT2D eigenvalue weighted by Crippen LogP contribution is 2.17. The van der Waals surface area contributed by atoms with Crippen LogP contribution in [0, 0.1) is 11.3 Å². The summed E-state index contributed by atoms with van der Waals surface area (Å²) in [6.45, 7) is 4.11. The minimum Gasteiger partial charge on any atom is -0.216 e. The molecule has 17 heavy (non-hydrogen) atoms. The summed E-state index contributed by atoms with van der Waals surface area (Å²) in [7, 11) is 0. The Bertz CT molecular complexity index is 563. The first-order valence-electron chi connectivity index (χ1n) is 5.74. The molecule has 0 aliphatic heterocycles. The van der Waals surface area contributed by atoms with Gasteiger partial charge in [0.15, 0.2) is 5.69 Å². The van der Waals surface area contributed by atoms with Crippen LogP contribution in [0.25, 0.3) is 5.69 Å². The molecule has 0 bridgehead atoms. The van der Waals surface area contributed by atoms with E-state index >= 15 is 0 Å². The molecule has 0 unspecified atom stereocenters. The number of nitriles is 1. The van der Waals surface area contributed by atoms with Crippen molar-refractivity contribution in [2.45, 2.75) is 26.7 Å². The Hall–Kier alpha value is -2.15. The lowest BCUT2D eigenvalue weighted by Gasteiger charge is -2.09. The van der Waals surface area contributed by atoms with Crippen LogP contribution in [0.1, 0.15) is 30.8 Å². The second-order valence-electron chi connectivity index (χ2n) is 3.74.